The van der Waals surface area contributed by atoms with E-state index in [1.165, 1.54) is 24.0 Å². The summed E-state index contributed by atoms with van der Waals surface area (Å²) in [6.45, 7) is 0. The van der Waals surface area contributed by atoms with Gasteiger partial charge >= 0.3 is 0 Å². The van der Waals surface area contributed by atoms with Crippen molar-refractivity contribution in [2.24, 2.45) is 0 Å². The number of methoxy groups -OCH3 is 1. The van der Waals surface area contributed by atoms with Crippen LogP contribution in [0.2, 0.25) is 0 Å². The molecule has 4 rings (SSSR count). The van der Waals surface area contributed by atoms with Crippen LogP contribution in [0.1, 0.15) is 36.8 Å². The van der Waals surface area contributed by atoms with E-state index in [0.29, 0.717) is 6.42 Å². The Morgan fingerprint density at radius 2 is 2.25 bits per heavy atom. The van der Waals surface area contributed by atoms with E-state index in [1.54, 1.807) is 7.11 Å². The summed E-state index contributed by atoms with van der Waals surface area (Å²) in [6, 6.07) is 4.21. The monoisotopic (exact) mass is 272 g/mol. The molecule has 2 aliphatic carbocycles. The van der Waals surface area contributed by atoms with Crippen molar-refractivity contribution in [3.8, 4) is 11.5 Å². The molecule has 3 nitrogen and oxygen atoms in total. The molecule has 3 aliphatic rings. The van der Waals surface area contributed by atoms with Crippen LogP contribution in [0.15, 0.2) is 24.3 Å². The second-order valence-corrected chi connectivity index (χ2v) is 6.15. The smallest absolute Gasteiger partial charge is 0.166 e. The van der Waals surface area contributed by atoms with Gasteiger partial charge in [0.2, 0.25) is 0 Å². The minimum atomic E-state index is -0.391. The molecule has 1 N–H and O–H groups in total. The fraction of sp³-hybridized carbons (Fsp3) is 0.529. The fourth-order valence-electron chi connectivity index (χ4n) is 4.14. The van der Waals surface area contributed by atoms with E-state index in [1.807, 2.05) is 12.1 Å². The van der Waals surface area contributed by atoms with E-state index >= 15 is 0 Å². The molecule has 0 radical (unpaired) electrons. The third-order valence-electron chi connectivity index (χ3n) is 5.09. The lowest BCUT2D eigenvalue weighted by molar-refractivity contribution is 0.0842. The lowest BCUT2D eigenvalue weighted by Gasteiger charge is -2.35. The van der Waals surface area contributed by atoms with Crippen molar-refractivity contribution >= 4 is 0 Å². The van der Waals surface area contributed by atoms with Crippen LogP contribution in [-0.4, -0.2) is 24.4 Å². The van der Waals surface area contributed by atoms with Crippen LogP contribution in [0.5, 0.6) is 11.5 Å². The van der Waals surface area contributed by atoms with E-state index in [9.17, 15) is 5.11 Å². The maximum Gasteiger partial charge on any atom is 0.166 e. The first-order chi connectivity index (χ1) is 9.74. The summed E-state index contributed by atoms with van der Waals surface area (Å²) in [4.78, 5) is 0. The van der Waals surface area contributed by atoms with E-state index in [0.717, 1.165) is 24.3 Å². The molecule has 0 saturated heterocycles. The summed E-state index contributed by atoms with van der Waals surface area (Å²) in [6.07, 6.45) is 9.13. The number of hydrogen-bond donors (Lipinski definition) is 1. The average Bonchev–Trinajstić information content (AvgIpc) is 2.66. The van der Waals surface area contributed by atoms with Crippen LogP contribution in [0.25, 0.3) is 0 Å². The van der Waals surface area contributed by atoms with Crippen LogP contribution >= 0.6 is 0 Å². The molecule has 0 saturated carbocycles. The molecule has 0 bridgehead atoms. The second kappa shape index (κ2) is 4.26. The zero-order chi connectivity index (χ0) is 13.7. The van der Waals surface area contributed by atoms with Gasteiger partial charge in [-0.05, 0) is 30.9 Å². The molecular weight excluding hydrogens is 252 g/mol. The Bertz CT molecular complexity index is 578. The number of benzene rings is 1. The van der Waals surface area contributed by atoms with E-state index in [4.69, 9.17) is 9.47 Å². The van der Waals surface area contributed by atoms with Crippen molar-refractivity contribution in [2.45, 2.75) is 49.7 Å². The van der Waals surface area contributed by atoms with Gasteiger partial charge in [0.05, 0.1) is 18.6 Å². The fourth-order valence-corrected chi connectivity index (χ4v) is 4.14. The molecule has 0 fully saturated rings. The Labute approximate surface area is 119 Å². The SMILES string of the molecule is COc1ccc2c3c1O[C@@H]1C[C@@H](O)C=C[C@@]31CCCC2. The van der Waals surface area contributed by atoms with Crippen molar-refractivity contribution < 1.29 is 14.6 Å². The van der Waals surface area contributed by atoms with Gasteiger partial charge in [0.25, 0.3) is 0 Å². The highest BCUT2D eigenvalue weighted by Gasteiger charge is 2.51. The van der Waals surface area contributed by atoms with Crippen LogP contribution in [-0.2, 0) is 11.8 Å². The highest BCUT2D eigenvalue weighted by atomic mass is 16.5. The van der Waals surface area contributed by atoms with Crippen LogP contribution < -0.4 is 9.47 Å². The van der Waals surface area contributed by atoms with Crippen molar-refractivity contribution in [2.75, 3.05) is 7.11 Å². The molecule has 106 valence electrons. The van der Waals surface area contributed by atoms with Crippen molar-refractivity contribution in [3.63, 3.8) is 0 Å². The third kappa shape index (κ3) is 1.50. The molecule has 0 amide bonds. The molecule has 0 aromatic heterocycles. The molecule has 20 heavy (non-hydrogen) atoms. The average molecular weight is 272 g/mol. The molecule has 3 atom stereocenters. The van der Waals surface area contributed by atoms with Gasteiger partial charge in [0.15, 0.2) is 11.5 Å². The standard InChI is InChI=1S/C17H20O3/c1-19-13-6-5-11-4-2-3-8-17-9-7-12(18)10-14(17)20-16(13)15(11)17/h5-7,9,12,14,18H,2-4,8,10H2,1H3/t12-,14+,17+/m0/s1. The Morgan fingerprint density at radius 1 is 1.35 bits per heavy atom. The summed E-state index contributed by atoms with van der Waals surface area (Å²) < 4.78 is 11.7. The first-order valence-electron chi connectivity index (χ1n) is 7.49. The van der Waals surface area contributed by atoms with Gasteiger partial charge in [-0.15, -0.1) is 0 Å². The molecule has 1 heterocycles. The summed E-state index contributed by atoms with van der Waals surface area (Å²) in [5, 5.41) is 9.93. The van der Waals surface area contributed by atoms with E-state index in [-0.39, 0.29) is 11.5 Å². The zero-order valence-electron chi connectivity index (χ0n) is 11.8. The normalized spacial score (nSPS) is 33.9. The van der Waals surface area contributed by atoms with Gasteiger partial charge in [-0.2, -0.15) is 0 Å². The highest BCUT2D eigenvalue weighted by molar-refractivity contribution is 5.60. The van der Waals surface area contributed by atoms with Crippen molar-refractivity contribution in [3.05, 3.63) is 35.4 Å². The molecule has 1 spiro atoms. The van der Waals surface area contributed by atoms with Crippen LogP contribution in [0.3, 0.4) is 0 Å². The number of aliphatic hydroxyl groups is 1. The number of aliphatic hydroxyl groups excluding tert-OH is 1. The Balaban J connectivity index is 1.96. The van der Waals surface area contributed by atoms with Crippen molar-refractivity contribution in [1.29, 1.82) is 0 Å². The summed E-state index contributed by atoms with van der Waals surface area (Å²) in [5.74, 6) is 1.73. The zero-order valence-corrected chi connectivity index (χ0v) is 11.8. The third-order valence-corrected chi connectivity index (χ3v) is 5.09. The summed E-state index contributed by atoms with van der Waals surface area (Å²) in [7, 11) is 1.69. The highest BCUT2D eigenvalue weighted by Crippen LogP contribution is 2.56. The number of rotatable bonds is 1. The topological polar surface area (TPSA) is 38.7 Å². The Morgan fingerprint density at radius 3 is 3.10 bits per heavy atom. The number of ether oxygens (including phenoxy) is 2. The Hall–Kier alpha value is -1.48. The molecule has 1 aliphatic heterocycles. The largest absolute Gasteiger partial charge is 0.493 e. The Kier molecular flexibility index (Phi) is 2.61. The summed E-state index contributed by atoms with van der Waals surface area (Å²) in [5.41, 5.74) is 2.67. The predicted octanol–water partition coefficient (Wildman–Crippen LogP) is 2.74. The summed E-state index contributed by atoms with van der Waals surface area (Å²) >= 11 is 0. The molecule has 1 aromatic rings. The predicted molar refractivity (Wildman–Crippen MR) is 76.4 cm³/mol. The molecule has 0 unspecified atom stereocenters. The lowest BCUT2D eigenvalue weighted by atomic mass is 9.69. The quantitative estimate of drug-likeness (QED) is 0.799. The number of hydrogen-bond acceptors (Lipinski definition) is 3. The van der Waals surface area contributed by atoms with Gasteiger partial charge in [-0.25, -0.2) is 0 Å². The van der Waals surface area contributed by atoms with Gasteiger partial charge < -0.3 is 14.6 Å². The van der Waals surface area contributed by atoms with E-state index in [2.05, 4.69) is 12.1 Å². The van der Waals surface area contributed by atoms with Gasteiger partial charge in [-0.3, -0.25) is 0 Å². The molecule has 3 heteroatoms. The first kappa shape index (κ1) is 12.3. The van der Waals surface area contributed by atoms with Gasteiger partial charge in [0.1, 0.15) is 6.10 Å². The first-order valence-corrected chi connectivity index (χ1v) is 7.49. The minimum absolute atomic E-state index is 0.0467. The van der Waals surface area contributed by atoms with E-state index < -0.39 is 6.10 Å². The van der Waals surface area contributed by atoms with Gasteiger partial charge in [0, 0.05) is 12.0 Å². The molecule has 1 aromatic carbocycles. The van der Waals surface area contributed by atoms with Gasteiger partial charge in [-0.1, -0.05) is 24.6 Å². The number of aryl methyl sites for hydroxylation is 1. The van der Waals surface area contributed by atoms with Crippen molar-refractivity contribution in [1.82, 2.24) is 0 Å². The molecular formula is C17H20O3. The lowest BCUT2D eigenvalue weighted by Crippen LogP contribution is -2.41. The maximum atomic E-state index is 9.93. The minimum Gasteiger partial charge on any atom is -0.493 e. The maximum absolute atomic E-state index is 9.93. The van der Waals surface area contributed by atoms with Crippen LogP contribution in [0.4, 0.5) is 0 Å². The van der Waals surface area contributed by atoms with Crippen LogP contribution in [0, 0.1) is 0 Å². The second-order valence-electron chi connectivity index (χ2n) is 6.15.